The third kappa shape index (κ3) is 2.94. The first-order chi connectivity index (χ1) is 9.43. The summed E-state index contributed by atoms with van der Waals surface area (Å²) in [4.78, 5) is 5.86. The lowest BCUT2D eigenvalue weighted by Crippen LogP contribution is -2.23. The van der Waals surface area contributed by atoms with Crippen molar-refractivity contribution in [2.24, 2.45) is 7.05 Å². The Balaban J connectivity index is 2.12. The first-order valence-electron chi connectivity index (χ1n) is 7.14. The van der Waals surface area contributed by atoms with Crippen molar-refractivity contribution in [1.82, 2.24) is 20.1 Å². The molecule has 4 nitrogen and oxygen atoms in total. The Morgan fingerprint density at radius 2 is 2.00 bits per heavy atom. The van der Waals surface area contributed by atoms with E-state index in [1.54, 1.807) is 11.3 Å². The average Bonchev–Trinajstić information content (AvgIpc) is 2.95. The van der Waals surface area contributed by atoms with Gasteiger partial charge in [0.05, 0.1) is 11.7 Å². The van der Waals surface area contributed by atoms with Crippen molar-refractivity contribution in [1.29, 1.82) is 0 Å². The van der Waals surface area contributed by atoms with E-state index in [0.717, 1.165) is 17.1 Å². The molecule has 0 fully saturated rings. The lowest BCUT2D eigenvalue weighted by atomic mass is 10.1. The van der Waals surface area contributed by atoms with E-state index in [0.29, 0.717) is 0 Å². The van der Waals surface area contributed by atoms with E-state index in [1.165, 1.54) is 16.1 Å². The molecule has 20 heavy (non-hydrogen) atoms. The Hall–Kier alpha value is -1.20. The number of aryl methyl sites for hydroxylation is 3. The molecule has 110 valence electrons. The molecule has 0 amide bonds. The van der Waals surface area contributed by atoms with Crippen LogP contribution in [0.5, 0.6) is 0 Å². The molecule has 0 saturated heterocycles. The van der Waals surface area contributed by atoms with Gasteiger partial charge >= 0.3 is 0 Å². The van der Waals surface area contributed by atoms with Gasteiger partial charge in [-0.3, -0.25) is 4.68 Å². The maximum absolute atomic E-state index is 4.52. The summed E-state index contributed by atoms with van der Waals surface area (Å²) in [7, 11) is 2.00. The zero-order chi connectivity index (χ0) is 14.9. The summed E-state index contributed by atoms with van der Waals surface area (Å²) in [5.41, 5.74) is 3.63. The Morgan fingerprint density at radius 3 is 2.50 bits per heavy atom. The molecule has 0 aromatic carbocycles. The van der Waals surface area contributed by atoms with Gasteiger partial charge in [0.2, 0.25) is 0 Å². The highest BCUT2D eigenvalue weighted by molar-refractivity contribution is 7.11. The van der Waals surface area contributed by atoms with Gasteiger partial charge in [-0.1, -0.05) is 6.92 Å². The molecular weight excluding hydrogens is 268 g/mol. The number of rotatable bonds is 5. The van der Waals surface area contributed by atoms with Gasteiger partial charge in [-0.15, -0.1) is 11.3 Å². The summed E-state index contributed by atoms with van der Waals surface area (Å²) in [6.07, 6.45) is 3.05. The Morgan fingerprint density at radius 1 is 1.30 bits per heavy atom. The molecule has 0 radical (unpaired) electrons. The standard InChI is InChI=1S/C15H24N4S/c1-7-13-8-16-15(20-13)11(4)17-9(2)14-10(3)18-19(6)12(14)5/h8-9,11,17H,7H2,1-6H3. The first-order valence-corrected chi connectivity index (χ1v) is 7.96. The molecule has 0 aliphatic rings. The zero-order valence-corrected chi connectivity index (χ0v) is 14.0. The molecule has 0 spiro atoms. The number of nitrogens with one attached hydrogen (secondary N) is 1. The summed E-state index contributed by atoms with van der Waals surface area (Å²) < 4.78 is 1.95. The third-order valence-corrected chi connectivity index (χ3v) is 5.11. The van der Waals surface area contributed by atoms with Crippen LogP contribution in [0.3, 0.4) is 0 Å². The van der Waals surface area contributed by atoms with Gasteiger partial charge in [-0.25, -0.2) is 4.98 Å². The fourth-order valence-electron chi connectivity index (χ4n) is 2.63. The second-order valence-electron chi connectivity index (χ2n) is 5.34. The third-order valence-electron chi connectivity index (χ3n) is 3.79. The van der Waals surface area contributed by atoms with E-state index >= 15 is 0 Å². The van der Waals surface area contributed by atoms with Crippen LogP contribution in [0.4, 0.5) is 0 Å². The van der Waals surface area contributed by atoms with E-state index in [1.807, 2.05) is 17.9 Å². The van der Waals surface area contributed by atoms with E-state index in [9.17, 15) is 0 Å². The van der Waals surface area contributed by atoms with Gasteiger partial charge in [-0.05, 0) is 34.1 Å². The molecule has 2 aromatic heterocycles. The molecule has 0 aliphatic carbocycles. The second kappa shape index (κ2) is 6.06. The number of nitrogens with zero attached hydrogens (tertiary/aromatic N) is 3. The highest BCUT2D eigenvalue weighted by Gasteiger charge is 2.19. The fourth-order valence-corrected chi connectivity index (χ4v) is 3.50. The van der Waals surface area contributed by atoms with E-state index < -0.39 is 0 Å². The molecule has 2 rings (SSSR count). The largest absolute Gasteiger partial charge is 0.301 e. The fraction of sp³-hybridized carbons (Fsp3) is 0.600. The van der Waals surface area contributed by atoms with Crippen molar-refractivity contribution in [2.45, 2.75) is 53.1 Å². The Bertz CT molecular complexity index is 585. The van der Waals surface area contributed by atoms with Crippen LogP contribution in [0.2, 0.25) is 0 Å². The maximum atomic E-state index is 4.52. The van der Waals surface area contributed by atoms with Gasteiger partial charge in [0.15, 0.2) is 0 Å². The number of hydrogen-bond acceptors (Lipinski definition) is 4. The van der Waals surface area contributed by atoms with Crippen LogP contribution < -0.4 is 5.32 Å². The smallest absolute Gasteiger partial charge is 0.109 e. The molecule has 5 heteroatoms. The molecule has 0 bridgehead atoms. The minimum atomic E-state index is 0.259. The molecule has 0 saturated carbocycles. The highest BCUT2D eigenvalue weighted by Crippen LogP contribution is 2.26. The summed E-state index contributed by atoms with van der Waals surface area (Å²) in [6.45, 7) is 10.7. The van der Waals surface area contributed by atoms with Crippen molar-refractivity contribution >= 4 is 11.3 Å². The van der Waals surface area contributed by atoms with Crippen LogP contribution >= 0.6 is 11.3 Å². The summed E-state index contributed by atoms with van der Waals surface area (Å²) in [5.74, 6) is 0. The van der Waals surface area contributed by atoms with Crippen LogP contribution in [0.25, 0.3) is 0 Å². The van der Waals surface area contributed by atoms with Crippen molar-refractivity contribution < 1.29 is 0 Å². The predicted molar refractivity (Wildman–Crippen MR) is 84.1 cm³/mol. The zero-order valence-electron chi connectivity index (χ0n) is 13.2. The Labute approximate surface area is 125 Å². The Kier molecular flexibility index (Phi) is 4.60. The number of aromatic nitrogens is 3. The van der Waals surface area contributed by atoms with Crippen LogP contribution in [-0.2, 0) is 13.5 Å². The second-order valence-corrected chi connectivity index (χ2v) is 6.48. The lowest BCUT2D eigenvalue weighted by Gasteiger charge is -2.19. The minimum absolute atomic E-state index is 0.259. The molecule has 2 atom stereocenters. The molecular formula is C15H24N4S. The van der Waals surface area contributed by atoms with Gasteiger partial charge in [-0.2, -0.15) is 5.10 Å². The van der Waals surface area contributed by atoms with Gasteiger partial charge in [0.1, 0.15) is 5.01 Å². The molecule has 0 aliphatic heterocycles. The van der Waals surface area contributed by atoms with Crippen LogP contribution in [0.15, 0.2) is 6.20 Å². The monoisotopic (exact) mass is 292 g/mol. The van der Waals surface area contributed by atoms with Gasteiger partial charge in [0.25, 0.3) is 0 Å². The minimum Gasteiger partial charge on any atom is -0.301 e. The number of hydrogen-bond donors (Lipinski definition) is 1. The van der Waals surface area contributed by atoms with E-state index in [2.05, 4.69) is 50.0 Å². The van der Waals surface area contributed by atoms with Gasteiger partial charge < -0.3 is 5.32 Å². The SMILES string of the molecule is CCc1cnc(C(C)NC(C)c2c(C)nn(C)c2C)s1. The van der Waals surface area contributed by atoms with E-state index in [4.69, 9.17) is 0 Å². The summed E-state index contributed by atoms with van der Waals surface area (Å²) in [6, 6.07) is 0.530. The first kappa shape index (κ1) is 15.2. The lowest BCUT2D eigenvalue weighted by molar-refractivity contribution is 0.489. The normalized spacial score (nSPS) is 14.5. The molecule has 2 aromatic rings. The molecule has 1 N–H and O–H groups in total. The highest BCUT2D eigenvalue weighted by atomic mass is 32.1. The van der Waals surface area contributed by atoms with Gasteiger partial charge in [0, 0.05) is 35.4 Å². The van der Waals surface area contributed by atoms with Crippen LogP contribution in [-0.4, -0.2) is 14.8 Å². The summed E-state index contributed by atoms with van der Waals surface area (Å²) >= 11 is 1.80. The van der Waals surface area contributed by atoms with Crippen molar-refractivity contribution in [3.05, 3.63) is 33.0 Å². The van der Waals surface area contributed by atoms with Crippen LogP contribution in [0.1, 0.15) is 59.7 Å². The van der Waals surface area contributed by atoms with Crippen molar-refractivity contribution in [3.63, 3.8) is 0 Å². The van der Waals surface area contributed by atoms with Crippen molar-refractivity contribution in [2.75, 3.05) is 0 Å². The maximum Gasteiger partial charge on any atom is 0.109 e. The van der Waals surface area contributed by atoms with E-state index in [-0.39, 0.29) is 12.1 Å². The van der Waals surface area contributed by atoms with Crippen molar-refractivity contribution in [3.8, 4) is 0 Å². The topological polar surface area (TPSA) is 42.7 Å². The molecule has 2 unspecified atom stereocenters. The average molecular weight is 292 g/mol. The molecule has 2 heterocycles. The van der Waals surface area contributed by atoms with Crippen LogP contribution in [0, 0.1) is 13.8 Å². The summed E-state index contributed by atoms with van der Waals surface area (Å²) in [5, 5.41) is 9.29. The number of thiazole rings is 1. The predicted octanol–water partition coefficient (Wildman–Crippen LogP) is 3.47. The quantitative estimate of drug-likeness (QED) is 0.917.